The number of allylic oxidation sites excluding steroid dienone is 1. The number of rotatable bonds is 1. The smallest absolute Gasteiger partial charge is 0.100 e. The fourth-order valence-electron chi connectivity index (χ4n) is 1.09. The van der Waals surface area contributed by atoms with E-state index in [2.05, 4.69) is 31.4 Å². The summed E-state index contributed by atoms with van der Waals surface area (Å²) < 4.78 is 0. The molecule has 0 aromatic rings. The topological polar surface area (TPSA) is 24.1 Å². The molecule has 12 heavy (non-hydrogen) atoms. The van der Waals surface area contributed by atoms with E-state index in [1.54, 1.807) is 0 Å². The molecular formula is C9H16N2S. The quantitative estimate of drug-likeness (QED) is 0.605. The molecular weight excluding hydrogens is 168 g/mol. The Morgan fingerprint density at radius 1 is 1.50 bits per heavy atom. The van der Waals surface area contributed by atoms with E-state index < -0.39 is 0 Å². The molecule has 1 aliphatic rings. The molecule has 0 amide bonds. The van der Waals surface area contributed by atoms with Gasteiger partial charge in [0.05, 0.1) is 0 Å². The van der Waals surface area contributed by atoms with E-state index in [0.717, 1.165) is 23.7 Å². The first-order chi connectivity index (χ1) is 5.47. The molecule has 1 heterocycles. The Hall–Kier alpha value is -0.570. The highest BCUT2D eigenvalue weighted by molar-refractivity contribution is 7.80. The van der Waals surface area contributed by atoms with Crippen LogP contribution in [0.2, 0.25) is 0 Å². The molecule has 0 atom stereocenters. The number of thiocarbonyl (C=S) groups is 1. The molecule has 0 aromatic carbocycles. The molecule has 3 heteroatoms. The van der Waals surface area contributed by atoms with Crippen molar-refractivity contribution in [2.24, 2.45) is 0 Å². The SMILES string of the molecule is CC(C)(C)NC1=CC(=S)CCN1. The molecule has 0 saturated carbocycles. The first kappa shape index (κ1) is 9.52. The third-order valence-corrected chi connectivity index (χ3v) is 1.82. The van der Waals surface area contributed by atoms with Crippen LogP contribution in [0.4, 0.5) is 0 Å². The van der Waals surface area contributed by atoms with Crippen LogP contribution in [0.5, 0.6) is 0 Å². The Kier molecular flexibility index (Phi) is 2.73. The molecule has 68 valence electrons. The molecule has 0 spiro atoms. The average Bonchev–Trinajstić information content (AvgIpc) is 1.82. The first-order valence-corrected chi connectivity index (χ1v) is 4.65. The van der Waals surface area contributed by atoms with Gasteiger partial charge in [0.2, 0.25) is 0 Å². The lowest BCUT2D eigenvalue weighted by atomic mass is 10.1. The third-order valence-electron chi connectivity index (χ3n) is 1.50. The monoisotopic (exact) mass is 184 g/mol. The van der Waals surface area contributed by atoms with E-state index in [1.807, 2.05) is 6.08 Å². The molecule has 2 nitrogen and oxygen atoms in total. The molecule has 0 aromatic heterocycles. The van der Waals surface area contributed by atoms with Gasteiger partial charge in [0.1, 0.15) is 5.82 Å². The third kappa shape index (κ3) is 3.22. The Morgan fingerprint density at radius 3 is 2.67 bits per heavy atom. The molecule has 0 unspecified atom stereocenters. The highest BCUT2D eigenvalue weighted by Gasteiger charge is 2.13. The van der Waals surface area contributed by atoms with Crippen LogP contribution in [0.25, 0.3) is 0 Å². The van der Waals surface area contributed by atoms with Crippen molar-refractivity contribution in [1.29, 1.82) is 0 Å². The van der Waals surface area contributed by atoms with Gasteiger partial charge in [-0.1, -0.05) is 12.2 Å². The Labute approximate surface area is 79.4 Å². The Bertz CT molecular complexity index is 213. The van der Waals surface area contributed by atoms with Gasteiger partial charge in [-0.25, -0.2) is 0 Å². The van der Waals surface area contributed by atoms with Crippen molar-refractivity contribution < 1.29 is 0 Å². The zero-order valence-electron chi connectivity index (χ0n) is 7.90. The van der Waals surface area contributed by atoms with Crippen LogP contribution in [-0.2, 0) is 0 Å². The molecule has 0 saturated heterocycles. The fourth-order valence-corrected chi connectivity index (χ4v) is 1.31. The standard InChI is InChI=1S/C9H16N2S/c1-9(2,3)11-8-6-7(12)4-5-10-8/h6,10-11H,4-5H2,1-3H3. The lowest BCUT2D eigenvalue weighted by molar-refractivity contribution is 0.452. The summed E-state index contributed by atoms with van der Waals surface area (Å²) in [5.41, 5.74) is 0.103. The van der Waals surface area contributed by atoms with Crippen molar-refractivity contribution in [1.82, 2.24) is 10.6 Å². The summed E-state index contributed by atoms with van der Waals surface area (Å²) >= 11 is 5.12. The lowest BCUT2D eigenvalue weighted by Crippen LogP contribution is -2.42. The summed E-state index contributed by atoms with van der Waals surface area (Å²) in [6.45, 7) is 7.35. The predicted octanol–water partition coefficient (Wildman–Crippen LogP) is 1.58. The average molecular weight is 184 g/mol. The number of hydrogen-bond donors (Lipinski definition) is 2. The van der Waals surface area contributed by atoms with Crippen molar-refractivity contribution in [2.75, 3.05) is 6.54 Å². The van der Waals surface area contributed by atoms with Gasteiger partial charge in [0, 0.05) is 23.4 Å². The zero-order chi connectivity index (χ0) is 9.19. The van der Waals surface area contributed by atoms with Gasteiger partial charge in [0.25, 0.3) is 0 Å². The van der Waals surface area contributed by atoms with E-state index in [9.17, 15) is 0 Å². The van der Waals surface area contributed by atoms with Gasteiger partial charge in [-0.3, -0.25) is 0 Å². The minimum Gasteiger partial charge on any atom is -0.372 e. The Balaban J connectivity index is 2.57. The molecule has 2 N–H and O–H groups in total. The maximum Gasteiger partial charge on any atom is 0.100 e. The number of hydrogen-bond acceptors (Lipinski definition) is 3. The van der Waals surface area contributed by atoms with Crippen LogP contribution >= 0.6 is 12.2 Å². The van der Waals surface area contributed by atoms with Gasteiger partial charge in [0.15, 0.2) is 0 Å². The van der Waals surface area contributed by atoms with Crippen molar-refractivity contribution in [3.05, 3.63) is 11.9 Å². The van der Waals surface area contributed by atoms with E-state index in [1.165, 1.54) is 0 Å². The molecule has 0 bridgehead atoms. The second-order valence-electron chi connectivity index (χ2n) is 4.08. The van der Waals surface area contributed by atoms with Gasteiger partial charge in [-0.15, -0.1) is 0 Å². The van der Waals surface area contributed by atoms with E-state index in [0.29, 0.717) is 0 Å². The molecule has 0 fully saturated rings. The predicted molar refractivity (Wildman–Crippen MR) is 56.2 cm³/mol. The minimum absolute atomic E-state index is 0.103. The zero-order valence-corrected chi connectivity index (χ0v) is 8.72. The lowest BCUT2D eigenvalue weighted by Gasteiger charge is -2.27. The highest BCUT2D eigenvalue weighted by atomic mass is 32.1. The van der Waals surface area contributed by atoms with Crippen molar-refractivity contribution >= 4 is 17.1 Å². The van der Waals surface area contributed by atoms with Gasteiger partial charge in [-0.05, 0) is 26.8 Å². The Morgan fingerprint density at radius 2 is 2.17 bits per heavy atom. The first-order valence-electron chi connectivity index (χ1n) is 4.24. The van der Waals surface area contributed by atoms with Crippen LogP contribution < -0.4 is 10.6 Å². The fraction of sp³-hybridized carbons (Fsp3) is 0.667. The summed E-state index contributed by atoms with van der Waals surface area (Å²) in [5, 5.41) is 6.62. The summed E-state index contributed by atoms with van der Waals surface area (Å²) in [6, 6.07) is 0. The van der Waals surface area contributed by atoms with Crippen molar-refractivity contribution in [3.63, 3.8) is 0 Å². The maximum atomic E-state index is 5.12. The van der Waals surface area contributed by atoms with Crippen molar-refractivity contribution in [3.8, 4) is 0 Å². The molecule has 1 aliphatic heterocycles. The van der Waals surface area contributed by atoms with Gasteiger partial charge in [-0.2, -0.15) is 0 Å². The summed E-state index contributed by atoms with van der Waals surface area (Å²) in [7, 11) is 0. The van der Waals surface area contributed by atoms with Gasteiger partial charge >= 0.3 is 0 Å². The van der Waals surface area contributed by atoms with Crippen molar-refractivity contribution in [2.45, 2.75) is 32.7 Å². The largest absolute Gasteiger partial charge is 0.372 e. The van der Waals surface area contributed by atoms with Crippen LogP contribution in [0.1, 0.15) is 27.2 Å². The second-order valence-corrected chi connectivity index (χ2v) is 4.60. The second kappa shape index (κ2) is 3.44. The molecule has 1 rings (SSSR count). The van der Waals surface area contributed by atoms with E-state index in [-0.39, 0.29) is 5.54 Å². The normalized spacial score (nSPS) is 18.2. The molecule has 0 radical (unpaired) electrons. The van der Waals surface area contributed by atoms with Crippen LogP contribution in [0, 0.1) is 0 Å². The summed E-state index contributed by atoms with van der Waals surface area (Å²) in [4.78, 5) is 1.03. The number of nitrogens with one attached hydrogen (secondary N) is 2. The van der Waals surface area contributed by atoms with E-state index in [4.69, 9.17) is 12.2 Å². The summed E-state index contributed by atoms with van der Waals surface area (Å²) in [5.74, 6) is 1.05. The van der Waals surface area contributed by atoms with Crippen LogP contribution in [-0.4, -0.2) is 16.9 Å². The highest BCUT2D eigenvalue weighted by Crippen LogP contribution is 2.05. The van der Waals surface area contributed by atoms with E-state index >= 15 is 0 Å². The molecule has 0 aliphatic carbocycles. The van der Waals surface area contributed by atoms with Crippen LogP contribution in [0.15, 0.2) is 11.9 Å². The maximum absolute atomic E-state index is 5.12. The van der Waals surface area contributed by atoms with Crippen LogP contribution in [0.3, 0.4) is 0 Å². The summed E-state index contributed by atoms with van der Waals surface area (Å²) in [6.07, 6.45) is 2.98. The minimum atomic E-state index is 0.103. The van der Waals surface area contributed by atoms with Gasteiger partial charge < -0.3 is 10.6 Å².